The van der Waals surface area contributed by atoms with Gasteiger partial charge in [0.05, 0.1) is 35.3 Å². The highest BCUT2D eigenvalue weighted by molar-refractivity contribution is 5.58. The number of halogens is 4. The average molecular weight is 469 g/mol. The quantitative estimate of drug-likeness (QED) is 0.430. The highest BCUT2D eigenvalue weighted by Crippen LogP contribution is 2.30. The Labute approximate surface area is 191 Å². The standard InChI is InChI=1S/C24H19F4N5O/c25-17-7-3-14(4-8-17)20-11-29-21(30-20)13-33-10-9-19-18(12-33)23(34)32-22(31-19)15-1-5-16(6-2-15)24(26,27)28/h1-8,11H,9-10,12-13H2,(H,29,30)(H,31,32,34). The zero-order chi connectivity index (χ0) is 23.9. The molecule has 0 amide bonds. The average Bonchev–Trinajstić information content (AvgIpc) is 3.28. The van der Waals surface area contributed by atoms with Crippen LogP contribution >= 0.6 is 0 Å². The first-order valence-electron chi connectivity index (χ1n) is 10.6. The Morgan fingerprint density at radius 2 is 1.68 bits per heavy atom. The van der Waals surface area contributed by atoms with Gasteiger partial charge in [0.25, 0.3) is 5.56 Å². The molecular weight excluding hydrogens is 450 g/mol. The second-order valence-electron chi connectivity index (χ2n) is 8.13. The van der Waals surface area contributed by atoms with Crippen molar-refractivity contribution in [1.29, 1.82) is 0 Å². The van der Waals surface area contributed by atoms with E-state index in [-0.39, 0.29) is 17.2 Å². The molecule has 0 aliphatic carbocycles. The Morgan fingerprint density at radius 3 is 2.38 bits per heavy atom. The zero-order valence-electron chi connectivity index (χ0n) is 17.8. The summed E-state index contributed by atoms with van der Waals surface area (Å²) < 4.78 is 51.6. The maximum absolute atomic E-state index is 13.1. The van der Waals surface area contributed by atoms with E-state index in [0.717, 1.165) is 23.4 Å². The third-order valence-electron chi connectivity index (χ3n) is 5.79. The van der Waals surface area contributed by atoms with E-state index in [1.807, 2.05) is 0 Å². The fourth-order valence-corrected chi connectivity index (χ4v) is 4.00. The maximum Gasteiger partial charge on any atom is 0.416 e. The first-order chi connectivity index (χ1) is 16.3. The molecule has 2 N–H and O–H groups in total. The minimum Gasteiger partial charge on any atom is -0.341 e. The van der Waals surface area contributed by atoms with Crippen LogP contribution in [0.4, 0.5) is 17.6 Å². The number of aromatic amines is 2. The van der Waals surface area contributed by atoms with Crippen LogP contribution in [0.2, 0.25) is 0 Å². The van der Waals surface area contributed by atoms with E-state index in [9.17, 15) is 22.4 Å². The Kier molecular flexibility index (Phi) is 5.52. The summed E-state index contributed by atoms with van der Waals surface area (Å²) in [4.78, 5) is 29.6. The Hall–Kier alpha value is -3.79. The number of hydrogen-bond donors (Lipinski definition) is 2. The molecule has 0 saturated carbocycles. The van der Waals surface area contributed by atoms with Gasteiger partial charge < -0.3 is 9.97 Å². The molecule has 0 saturated heterocycles. The number of hydrogen-bond acceptors (Lipinski definition) is 4. The van der Waals surface area contributed by atoms with Crippen LogP contribution in [0.3, 0.4) is 0 Å². The smallest absolute Gasteiger partial charge is 0.341 e. The lowest BCUT2D eigenvalue weighted by Crippen LogP contribution is -2.35. The van der Waals surface area contributed by atoms with Gasteiger partial charge in [-0.15, -0.1) is 0 Å². The predicted molar refractivity (Wildman–Crippen MR) is 117 cm³/mol. The minimum atomic E-state index is -4.42. The molecule has 0 unspecified atom stereocenters. The second kappa shape index (κ2) is 8.53. The molecule has 3 heterocycles. The van der Waals surface area contributed by atoms with Crippen molar-refractivity contribution in [2.45, 2.75) is 25.7 Å². The van der Waals surface area contributed by atoms with Gasteiger partial charge in [0.1, 0.15) is 17.5 Å². The Balaban J connectivity index is 1.31. The van der Waals surface area contributed by atoms with Crippen molar-refractivity contribution in [2.75, 3.05) is 6.54 Å². The maximum atomic E-state index is 13.1. The number of fused-ring (bicyclic) bond motifs is 1. The summed E-state index contributed by atoms with van der Waals surface area (Å²) in [6.07, 6.45) is -2.21. The zero-order valence-corrected chi connectivity index (χ0v) is 17.8. The molecule has 174 valence electrons. The van der Waals surface area contributed by atoms with E-state index in [2.05, 4.69) is 24.8 Å². The van der Waals surface area contributed by atoms with Crippen LogP contribution in [0.15, 0.2) is 59.5 Å². The SMILES string of the molecule is O=c1[nH]c(-c2ccc(C(F)(F)F)cc2)nc2c1CN(Cc1ncc(-c3ccc(F)cc3)[nH]1)CC2. The largest absolute Gasteiger partial charge is 0.416 e. The lowest BCUT2D eigenvalue weighted by atomic mass is 10.1. The fraction of sp³-hybridized carbons (Fsp3) is 0.208. The van der Waals surface area contributed by atoms with Gasteiger partial charge in [-0.2, -0.15) is 13.2 Å². The van der Waals surface area contributed by atoms with Crippen LogP contribution in [0.25, 0.3) is 22.6 Å². The second-order valence-corrected chi connectivity index (χ2v) is 8.13. The number of imidazole rings is 1. The topological polar surface area (TPSA) is 77.7 Å². The number of nitrogens with zero attached hydrogens (tertiary/aromatic N) is 3. The molecule has 2 aromatic heterocycles. The summed E-state index contributed by atoms with van der Waals surface area (Å²) in [5.41, 5.74) is 2.12. The first kappa shape index (κ1) is 22.0. The Morgan fingerprint density at radius 1 is 0.971 bits per heavy atom. The molecule has 5 rings (SSSR count). The highest BCUT2D eigenvalue weighted by Gasteiger charge is 2.30. The lowest BCUT2D eigenvalue weighted by molar-refractivity contribution is -0.137. The van der Waals surface area contributed by atoms with Crippen LogP contribution in [-0.2, 0) is 25.7 Å². The summed E-state index contributed by atoms with van der Waals surface area (Å²) in [5, 5.41) is 0. The summed E-state index contributed by atoms with van der Waals surface area (Å²) in [6, 6.07) is 10.7. The number of alkyl halides is 3. The van der Waals surface area contributed by atoms with Crippen molar-refractivity contribution < 1.29 is 17.6 Å². The minimum absolute atomic E-state index is 0.251. The van der Waals surface area contributed by atoms with E-state index >= 15 is 0 Å². The van der Waals surface area contributed by atoms with Crippen LogP contribution in [0.1, 0.15) is 22.6 Å². The summed E-state index contributed by atoms with van der Waals surface area (Å²) in [5.74, 6) is 0.658. The molecular formula is C24H19F4N5O. The van der Waals surface area contributed by atoms with Gasteiger partial charge >= 0.3 is 6.18 Å². The molecule has 0 bridgehead atoms. The van der Waals surface area contributed by atoms with Gasteiger partial charge in [-0.1, -0.05) is 12.1 Å². The molecule has 0 atom stereocenters. The number of H-pyrrole nitrogens is 2. The third-order valence-corrected chi connectivity index (χ3v) is 5.79. The molecule has 0 spiro atoms. The molecule has 1 aliphatic rings. The van der Waals surface area contributed by atoms with Crippen molar-refractivity contribution in [3.05, 3.63) is 93.5 Å². The van der Waals surface area contributed by atoms with Crippen LogP contribution < -0.4 is 5.56 Å². The molecule has 4 aromatic rings. The number of nitrogens with one attached hydrogen (secondary N) is 2. The van der Waals surface area contributed by atoms with Gasteiger partial charge in [0, 0.05) is 25.1 Å². The summed E-state index contributed by atoms with van der Waals surface area (Å²) in [6.45, 7) is 1.50. The van der Waals surface area contributed by atoms with Crippen molar-refractivity contribution >= 4 is 0 Å². The van der Waals surface area contributed by atoms with E-state index in [0.29, 0.717) is 48.7 Å². The molecule has 34 heavy (non-hydrogen) atoms. The lowest BCUT2D eigenvalue weighted by Gasteiger charge is -2.26. The number of rotatable bonds is 4. The van der Waals surface area contributed by atoms with Gasteiger partial charge in [0.15, 0.2) is 0 Å². The normalized spacial score (nSPS) is 14.2. The van der Waals surface area contributed by atoms with E-state index < -0.39 is 11.7 Å². The van der Waals surface area contributed by atoms with Crippen molar-refractivity contribution in [1.82, 2.24) is 24.8 Å². The van der Waals surface area contributed by atoms with Crippen molar-refractivity contribution in [3.63, 3.8) is 0 Å². The number of benzene rings is 2. The molecule has 6 nitrogen and oxygen atoms in total. The van der Waals surface area contributed by atoms with Crippen molar-refractivity contribution in [2.24, 2.45) is 0 Å². The summed E-state index contributed by atoms with van der Waals surface area (Å²) >= 11 is 0. The summed E-state index contributed by atoms with van der Waals surface area (Å²) in [7, 11) is 0. The fourth-order valence-electron chi connectivity index (χ4n) is 4.00. The van der Waals surface area contributed by atoms with Crippen molar-refractivity contribution in [3.8, 4) is 22.6 Å². The molecule has 2 aromatic carbocycles. The molecule has 0 fully saturated rings. The number of aromatic nitrogens is 4. The van der Waals surface area contributed by atoms with Gasteiger partial charge in [-0.3, -0.25) is 9.69 Å². The monoisotopic (exact) mass is 469 g/mol. The first-order valence-corrected chi connectivity index (χ1v) is 10.6. The van der Waals surface area contributed by atoms with Crippen LogP contribution in [0.5, 0.6) is 0 Å². The van der Waals surface area contributed by atoms with E-state index in [1.165, 1.54) is 24.3 Å². The van der Waals surface area contributed by atoms with E-state index in [1.54, 1.807) is 18.3 Å². The van der Waals surface area contributed by atoms with E-state index in [4.69, 9.17) is 0 Å². The molecule has 1 aliphatic heterocycles. The Bertz CT molecular complexity index is 1370. The molecule has 10 heteroatoms. The molecule has 0 radical (unpaired) electrons. The van der Waals surface area contributed by atoms with Gasteiger partial charge in [-0.05, 0) is 42.0 Å². The van der Waals surface area contributed by atoms with Crippen LogP contribution in [0, 0.1) is 5.82 Å². The predicted octanol–water partition coefficient (Wildman–Crippen LogP) is 4.54. The third kappa shape index (κ3) is 4.49. The van der Waals surface area contributed by atoms with Gasteiger partial charge in [0.2, 0.25) is 0 Å². The highest BCUT2D eigenvalue weighted by atomic mass is 19.4. The van der Waals surface area contributed by atoms with Gasteiger partial charge in [-0.25, -0.2) is 14.4 Å². The van der Waals surface area contributed by atoms with Crippen LogP contribution in [-0.4, -0.2) is 31.4 Å².